The minimum atomic E-state index is -2.85. The molecule has 1 saturated heterocycles. The first-order valence-electron chi connectivity index (χ1n) is 8.31. The number of anilines is 2. The Morgan fingerprint density at radius 1 is 1.37 bits per heavy atom. The third kappa shape index (κ3) is 4.21. The van der Waals surface area contributed by atoms with Crippen LogP contribution < -0.4 is 15.5 Å². The van der Waals surface area contributed by atoms with E-state index in [9.17, 15) is 22.8 Å². The first kappa shape index (κ1) is 18.7. The van der Waals surface area contributed by atoms with Crippen LogP contribution in [0.2, 0.25) is 0 Å². The maximum absolute atomic E-state index is 13.4. The second kappa shape index (κ2) is 7.68. The maximum Gasteiger partial charge on any atom is 0.319 e. The number of amides is 3. The molecule has 0 spiro atoms. The van der Waals surface area contributed by atoms with Crippen LogP contribution in [0.3, 0.4) is 0 Å². The van der Waals surface area contributed by atoms with Crippen molar-refractivity contribution in [2.75, 3.05) is 16.8 Å². The van der Waals surface area contributed by atoms with E-state index in [0.29, 0.717) is 25.1 Å². The molecule has 1 unspecified atom stereocenters. The van der Waals surface area contributed by atoms with Crippen molar-refractivity contribution >= 4 is 23.3 Å². The largest absolute Gasteiger partial charge is 0.326 e. The minimum absolute atomic E-state index is 0.129. The number of benzene rings is 1. The van der Waals surface area contributed by atoms with Crippen LogP contribution in [0.25, 0.3) is 0 Å². The molecule has 1 aromatic carbocycles. The number of carbonyl (C=O) groups excluding carboxylic acids is 2. The lowest BCUT2D eigenvalue weighted by molar-refractivity contribution is -0.121. The van der Waals surface area contributed by atoms with E-state index in [2.05, 4.69) is 15.7 Å². The second-order valence-electron chi connectivity index (χ2n) is 6.17. The van der Waals surface area contributed by atoms with Crippen molar-refractivity contribution in [3.05, 3.63) is 42.0 Å². The molecule has 3 rings (SSSR count). The Morgan fingerprint density at radius 2 is 2.15 bits per heavy atom. The van der Waals surface area contributed by atoms with Crippen molar-refractivity contribution in [1.29, 1.82) is 0 Å². The summed E-state index contributed by atoms with van der Waals surface area (Å²) in [7, 11) is 1.45. The number of urea groups is 1. The number of hydrogen-bond donors (Lipinski definition) is 2. The highest BCUT2D eigenvalue weighted by Gasteiger charge is 2.31. The van der Waals surface area contributed by atoms with Crippen molar-refractivity contribution in [2.45, 2.75) is 25.3 Å². The Balaban J connectivity index is 1.68. The van der Waals surface area contributed by atoms with E-state index in [1.165, 1.54) is 36.3 Å². The lowest BCUT2D eigenvalue weighted by Crippen LogP contribution is -2.53. The predicted octanol–water partition coefficient (Wildman–Crippen LogP) is 2.81. The van der Waals surface area contributed by atoms with Gasteiger partial charge in [0.1, 0.15) is 11.9 Å². The van der Waals surface area contributed by atoms with Gasteiger partial charge in [-0.1, -0.05) is 6.07 Å². The number of alkyl halides is 2. The summed E-state index contributed by atoms with van der Waals surface area (Å²) in [4.78, 5) is 26.2. The Hall–Kier alpha value is -3.04. The van der Waals surface area contributed by atoms with Gasteiger partial charge in [-0.05, 0) is 31.0 Å². The molecule has 1 aromatic heterocycles. The van der Waals surface area contributed by atoms with Gasteiger partial charge in [0.2, 0.25) is 5.91 Å². The van der Waals surface area contributed by atoms with E-state index >= 15 is 0 Å². The van der Waals surface area contributed by atoms with E-state index < -0.39 is 30.0 Å². The highest BCUT2D eigenvalue weighted by atomic mass is 19.3. The number of aromatic nitrogens is 2. The molecule has 0 aliphatic carbocycles. The fourth-order valence-corrected chi connectivity index (χ4v) is 2.99. The molecule has 2 aromatic rings. The molecule has 2 N–H and O–H groups in total. The number of nitrogens with zero attached hydrogens (tertiary/aromatic N) is 3. The summed E-state index contributed by atoms with van der Waals surface area (Å²) in [6, 6.07) is 3.99. The summed E-state index contributed by atoms with van der Waals surface area (Å²) in [6.45, 7) is 0.403. The summed E-state index contributed by atoms with van der Waals surface area (Å²) in [6.07, 6.45) is -0.598. The van der Waals surface area contributed by atoms with Crippen LogP contribution in [0.1, 0.15) is 25.0 Å². The molecule has 144 valence electrons. The Kier molecular flexibility index (Phi) is 5.33. The van der Waals surface area contributed by atoms with Crippen LogP contribution in [-0.4, -0.2) is 34.3 Å². The van der Waals surface area contributed by atoms with E-state index in [1.807, 2.05) is 0 Å². The van der Waals surface area contributed by atoms with Crippen LogP contribution in [0.5, 0.6) is 0 Å². The van der Waals surface area contributed by atoms with Crippen LogP contribution in [0.4, 0.5) is 29.3 Å². The number of nitrogens with one attached hydrogen (secondary N) is 2. The van der Waals surface area contributed by atoms with Gasteiger partial charge in [-0.3, -0.25) is 9.48 Å². The Morgan fingerprint density at radius 3 is 2.85 bits per heavy atom. The predicted molar refractivity (Wildman–Crippen MR) is 92.1 cm³/mol. The zero-order valence-electron chi connectivity index (χ0n) is 14.5. The van der Waals surface area contributed by atoms with Gasteiger partial charge in [-0.25, -0.2) is 18.0 Å². The van der Waals surface area contributed by atoms with Crippen LogP contribution in [0, 0.1) is 5.82 Å². The number of piperidine rings is 1. The first-order valence-corrected chi connectivity index (χ1v) is 8.31. The SMILES string of the molecule is Cn1cc(NC(=O)NC2CCCN(c3cccc(F)c3)C2=O)c(C(F)F)n1. The smallest absolute Gasteiger partial charge is 0.319 e. The van der Waals surface area contributed by atoms with E-state index in [-0.39, 0.29) is 11.6 Å². The molecule has 0 radical (unpaired) electrons. The normalized spacial score (nSPS) is 17.3. The van der Waals surface area contributed by atoms with Crippen molar-refractivity contribution in [3.63, 3.8) is 0 Å². The molecule has 1 atom stereocenters. The summed E-state index contributed by atoms with van der Waals surface area (Å²) in [5.74, 6) is -0.855. The van der Waals surface area contributed by atoms with E-state index in [0.717, 1.165) is 4.68 Å². The van der Waals surface area contributed by atoms with Gasteiger partial charge < -0.3 is 15.5 Å². The highest BCUT2D eigenvalue weighted by molar-refractivity contribution is 6.01. The summed E-state index contributed by atoms with van der Waals surface area (Å²) in [5, 5.41) is 8.39. The number of halogens is 3. The molecule has 27 heavy (non-hydrogen) atoms. The monoisotopic (exact) mass is 381 g/mol. The first-order chi connectivity index (χ1) is 12.8. The number of carbonyl (C=O) groups is 2. The fourth-order valence-electron chi connectivity index (χ4n) is 2.99. The van der Waals surface area contributed by atoms with E-state index in [4.69, 9.17) is 0 Å². The van der Waals surface area contributed by atoms with Crippen LogP contribution in [0.15, 0.2) is 30.5 Å². The lowest BCUT2D eigenvalue weighted by atomic mass is 10.0. The van der Waals surface area contributed by atoms with Gasteiger partial charge in [0.25, 0.3) is 6.43 Å². The van der Waals surface area contributed by atoms with Crippen molar-refractivity contribution in [2.24, 2.45) is 7.05 Å². The van der Waals surface area contributed by atoms with Gasteiger partial charge in [-0.15, -0.1) is 0 Å². The standard InChI is InChI=1S/C17H18F3N5O2/c1-24-9-13(14(23-24)15(19)20)22-17(27)21-12-6-3-7-25(16(12)26)11-5-2-4-10(18)8-11/h2,4-5,8-9,12,15H,3,6-7H2,1H3,(H2,21,22,27). The topological polar surface area (TPSA) is 79.3 Å². The zero-order chi connectivity index (χ0) is 19.6. The summed E-state index contributed by atoms with van der Waals surface area (Å²) in [5.41, 5.74) is -0.279. The molecule has 7 nitrogen and oxygen atoms in total. The second-order valence-corrected chi connectivity index (χ2v) is 6.17. The third-order valence-electron chi connectivity index (χ3n) is 4.18. The highest BCUT2D eigenvalue weighted by Crippen LogP contribution is 2.25. The minimum Gasteiger partial charge on any atom is -0.326 e. The van der Waals surface area contributed by atoms with Crippen LogP contribution in [-0.2, 0) is 11.8 Å². The summed E-state index contributed by atoms with van der Waals surface area (Å²) >= 11 is 0. The molecule has 1 fully saturated rings. The van der Waals surface area contributed by atoms with Gasteiger partial charge in [0, 0.05) is 25.5 Å². The lowest BCUT2D eigenvalue weighted by Gasteiger charge is -2.32. The van der Waals surface area contributed by atoms with Gasteiger partial charge >= 0.3 is 6.03 Å². The number of aryl methyl sites for hydroxylation is 1. The number of rotatable bonds is 4. The van der Waals surface area contributed by atoms with Crippen molar-refractivity contribution in [1.82, 2.24) is 15.1 Å². The zero-order valence-corrected chi connectivity index (χ0v) is 14.5. The molecular formula is C17H18F3N5O2. The summed E-state index contributed by atoms with van der Waals surface area (Å²) < 4.78 is 40.5. The third-order valence-corrected chi connectivity index (χ3v) is 4.18. The average Bonchev–Trinajstić information content (AvgIpc) is 2.97. The van der Waals surface area contributed by atoms with Crippen molar-refractivity contribution < 1.29 is 22.8 Å². The molecule has 1 aliphatic rings. The molecular weight excluding hydrogens is 363 g/mol. The average molecular weight is 381 g/mol. The van der Waals surface area contributed by atoms with Crippen LogP contribution >= 0.6 is 0 Å². The molecule has 0 bridgehead atoms. The van der Waals surface area contributed by atoms with E-state index in [1.54, 1.807) is 6.07 Å². The Bertz CT molecular complexity index is 855. The fraction of sp³-hybridized carbons (Fsp3) is 0.353. The maximum atomic E-state index is 13.4. The molecule has 3 amide bonds. The molecule has 1 aliphatic heterocycles. The molecule has 10 heteroatoms. The quantitative estimate of drug-likeness (QED) is 0.855. The van der Waals surface area contributed by atoms with Gasteiger partial charge in [0.15, 0.2) is 5.69 Å². The van der Waals surface area contributed by atoms with Crippen molar-refractivity contribution in [3.8, 4) is 0 Å². The number of hydrogen-bond acceptors (Lipinski definition) is 3. The Labute approximate surface area is 153 Å². The molecule has 0 saturated carbocycles. The molecule has 2 heterocycles. The van der Waals surface area contributed by atoms with Gasteiger partial charge in [0.05, 0.1) is 5.69 Å². The van der Waals surface area contributed by atoms with Gasteiger partial charge in [-0.2, -0.15) is 5.10 Å².